The van der Waals surface area contributed by atoms with Gasteiger partial charge in [-0.1, -0.05) is 18.2 Å². The molecule has 1 aliphatic heterocycles. The van der Waals surface area contributed by atoms with E-state index in [1.54, 1.807) is 60.3 Å². The number of anilines is 2. The van der Waals surface area contributed by atoms with Crippen LogP contribution in [-0.4, -0.2) is 33.7 Å². The molecule has 0 saturated carbocycles. The van der Waals surface area contributed by atoms with Crippen LogP contribution in [0.25, 0.3) is 0 Å². The Morgan fingerprint density at radius 3 is 2.29 bits per heavy atom. The third kappa shape index (κ3) is 3.95. The van der Waals surface area contributed by atoms with Gasteiger partial charge in [0.2, 0.25) is 0 Å². The van der Waals surface area contributed by atoms with Crippen LogP contribution in [0.1, 0.15) is 22.8 Å². The molecule has 1 aliphatic rings. The van der Waals surface area contributed by atoms with Crippen LogP contribution in [0, 0.1) is 0 Å². The number of hydrogen-bond acceptors (Lipinski definition) is 4. The van der Waals surface area contributed by atoms with Crippen LogP contribution in [0.2, 0.25) is 0 Å². The van der Waals surface area contributed by atoms with E-state index in [0.717, 1.165) is 17.0 Å². The zero-order valence-corrected chi connectivity index (χ0v) is 19.3. The maximum absolute atomic E-state index is 13.2. The van der Waals surface area contributed by atoms with Crippen LogP contribution >= 0.6 is 11.8 Å². The summed E-state index contributed by atoms with van der Waals surface area (Å²) >= 11 is 1.56. The van der Waals surface area contributed by atoms with Crippen molar-refractivity contribution in [3.63, 3.8) is 0 Å². The number of sulfonamides is 1. The first-order valence-electron chi connectivity index (χ1n) is 9.97. The number of carbonyl (C=O) groups is 1. The molecule has 0 N–H and O–H groups in total. The summed E-state index contributed by atoms with van der Waals surface area (Å²) in [5.41, 5.74) is 3.14. The largest absolute Gasteiger partial charge is 0.305 e. The molecular weight excluding hydrogens is 428 g/mol. The fraction of sp³-hybridized carbons (Fsp3) is 0.208. The Balaban J connectivity index is 1.57. The molecule has 1 atom stereocenters. The predicted octanol–water partition coefficient (Wildman–Crippen LogP) is 4.83. The zero-order valence-electron chi connectivity index (χ0n) is 17.6. The van der Waals surface area contributed by atoms with Gasteiger partial charge >= 0.3 is 0 Å². The minimum absolute atomic E-state index is 0.0804. The molecule has 0 aromatic heterocycles. The van der Waals surface area contributed by atoms with Crippen molar-refractivity contribution in [1.29, 1.82) is 0 Å². The Hall–Kier alpha value is -2.77. The van der Waals surface area contributed by atoms with Crippen molar-refractivity contribution < 1.29 is 13.2 Å². The van der Waals surface area contributed by atoms with Crippen LogP contribution in [0.3, 0.4) is 0 Å². The third-order valence-electron chi connectivity index (χ3n) is 5.62. The highest BCUT2D eigenvalue weighted by Crippen LogP contribution is 2.33. The van der Waals surface area contributed by atoms with Gasteiger partial charge < -0.3 is 4.90 Å². The molecule has 0 radical (unpaired) electrons. The number of hydrogen-bond donors (Lipinski definition) is 0. The van der Waals surface area contributed by atoms with Crippen LogP contribution in [0.15, 0.2) is 82.6 Å². The van der Waals surface area contributed by atoms with Gasteiger partial charge in [0.25, 0.3) is 15.9 Å². The molecule has 0 spiro atoms. The normalized spacial score (nSPS) is 15.6. The van der Waals surface area contributed by atoms with Crippen molar-refractivity contribution in [1.82, 2.24) is 0 Å². The van der Waals surface area contributed by atoms with Crippen LogP contribution in [0.5, 0.6) is 0 Å². The number of amides is 1. The first kappa shape index (κ1) is 21.5. The maximum Gasteiger partial charge on any atom is 0.264 e. The molecule has 1 unspecified atom stereocenters. The minimum Gasteiger partial charge on any atom is -0.305 e. The molecule has 160 valence electrons. The van der Waals surface area contributed by atoms with Gasteiger partial charge in [0.1, 0.15) is 0 Å². The van der Waals surface area contributed by atoms with E-state index in [1.807, 2.05) is 42.3 Å². The molecule has 0 aliphatic carbocycles. The fourth-order valence-electron chi connectivity index (χ4n) is 3.87. The Morgan fingerprint density at radius 2 is 1.65 bits per heavy atom. The molecule has 1 amide bonds. The highest BCUT2D eigenvalue weighted by molar-refractivity contribution is 7.98. The summed E-state index contributed by atoms with van der Waals surface area (Å²) in [6.07, 6.45) is 2.77. The van der Waals surface area contributed by atoms with Crippen molar-refractivity contribution in [2.24, 2.45) is 0 Å². The topological polar surface area (TPSA) is 57.7 Å². The SMILES string of the molecule is CSc1ccc(S(=O)(=O)N(C)c2ccc(C(=O)N3c4ccccc4CC3C)cc2)cc1. The van der Waals surface area contributed by atoms with E-state index in [4.69, 9.17) is 0 Å². The zero-order chi connectivity index (χ0) is 22.2. The minimum atomic E-state index is -3.69. The van der Waals surface area contributed by atoms with E-state index in [1.165, 1.54) is 16.9 Å². The molecule has 3 aromatic rings. The van der Waals surface area contributed by atoms with E-state index in [0.29, 0.717) is 11.3 Å². The quantitative estimate of drug-likeness (QED) is 0.521. The van der Waals surface area contributed by atoms with Gasteiger partial charge in [0.15, 0.2) is 0 Å². The number of para-hydroxylation sites is 1. The van der Waals surface area contributed by atoms with Crippen LogP contribution in [-0.2, 0) is 16.4 Å². The lowest BCUT2D eigenvalue weighted by molar-refractivity contribution is 0.0981. The van der Waals surface area contributed by atoms with Gasteiger partial charge in [-0.25, -0.2) is 8.42 Å². The molecule has 4 rings (SSSR count). The molecule has 31 heavy (non-hydrogen) atoms. The molecule has 0 fully saturated rings. The smallest absolute Gasteiger partial charge is 0.264 e. The Labute approximate surface area is 187 Å². The number of carbonyl (C=O) groups excluding carboxylic acids is 1. The summed E-state index contributed by atoms with van der Waals surface area (Å²) in [5, 5.41) is 0. The van der Waals surface area contributed by atoms with Gasteiger partial charge in [0.05, 0.1) is 10.6 Å². The van der Waals surface area contributed by atoms with E-state index in [9.17, 15) is 13.2 Å². The Morgan fingerprint density at radius 1 is 1.00 bits per heavy atom. The van der Waals surface area contributed by atoms with E-state index >= 15 is 0 Å². The van der Waals surface area contributed by atoms with Gasteiger partial charge in [-0.05, 0) is 79.8 Å². The van der Waals surface area contributed by atoms with Crippen molar-refractivity contribution >= 4 is 39.1 Å². The third-order valence-corrected chi connectivity index (χ3v) is 8.17. The van der Waals surface area contributed by atoms with Crippen LogP contribution < -0.4 is 9.21 Å². The second-order valence-electron chi connectivity index (χ2n) is 7.55. The van der Waals surface area contributed by atoms with Crippen LogP contribution in [0.4, 0.5) is 11.4 Å². The van der Waals surface area contributed by atoms with E-state index < -0.39 is 10.0 Å². The van der Waals surface area contributed by atoms with Gasteiger partial charge in [-0.2, -0.15) is 0 Å². The Bertz CT molecular complexity index is 1210. The summed E-state index contributed by atoms with van der Waals surface area (Å²) < 4.78 is 27.2. The average molecular weight is 453 g/mol. The molecule has 5 nitrogen and oxygen atoms in total. The standard InChI is InChI=1S/C24H24N2O3S2/c1-17-16-19-6-4-5-7-23(19)26(17)24(27)18-8-10-20(11-9-18)25(2)31(28,29)22-14-12-21(30-3)13-15-22/h4-15,17H,16H2,1-3H3. The summed E-state index contributed by atoms with van der Waals surface area (Å²) in [7, 11) is -2.16. The summed E-state index contributed by atoms with van der Waals surface area (Å²) in [6, 6.07) is 21.6. The molecular formula is C24H24N2O3S2. The second-order valence-corrected chi connectivity index (χ2v) is 10.4. The number of thioether (sulfide) groups is 1. The number of rotatable bonds is 5. The monoisotopic (exact) mass is 452 g/mol. The lowest BCUT2D eigenvalue weighted by Crippen LogP contribution is -2.35. The Kier molecular flexibility index (Phi) is 5.81. The molecule has 0 bridgehead atoms. The molecule has 7 heteroatoms. The van der Waals surface area contributed by atoms with Gasteiger partial charge in [-0.15, -0.1) is 11.8 Å². The fourth-order valence-corrected chi connectivity index (χ4v) is 5.48. The van der Waals surface area contributed by atoms with Gasteiger partial charge in [-0.3, -0.25) is 9.10 Å². The summed E-state index contributed by atoms with van der Waals surface area (Å²) in [5.74, 6) is -0.0813. The lowest BCUT2D eigenvalue weighted by Gasteiger charge is -2.23. The van der Waals surface area contributed by atoms with Crippen molar-refractivity contribution in [2.45, 2.75) is 29.2 Å². The summed E-state index contributed by atoms with van der Waals surface area (Å²) in [6.45, 7) is 2.04. The lowest BCUT2D eigenvalue weighted by atomic mass is 10.1. The highest BCUT2D eigenvalue weighted by atomic mass is 32.2. The molecule has 1 heterocycles. The van der Waals surface area contributed by atoms with E-state index in [2.05, 4.69) is 0 Å². The number of benzene rings is 3. The van der Waals surface area contributed by atoms with Gasteiger partial charge in [0, 0.05) is 29.2 Å². The second kappa shape index (κ2) is 8.40. The average Bonchev–Trinajstić information content (AvgIpc) is 3.13. The molecule has 0 saturated heterocycles. The van der Waals surface area contributed by atoms with Crippen molar-refractivity contribution in [3.05, 3.63) is 83.9 Å². The highest BCUT2D eigenvalue weighted by Gasteiger charge is 2.31. The first-order chi connectivity index (χ1) is 14.8. The van der Waals surface area contributed by atoms with E-state index in [-0.39, 0.29) is 16.8 Å². The predicted molar refractivity (Wildman–Crippen MR) is 127 cm³/mol. The van der Waals surface area contributed by atoms with Crippen molar-refractivity contribution in [2.75, 3.05) is 22.5 Å². The summed E-state index contributed by atoms with van der Waals surface area (Å²) in [4.78, 5) is 16.2. The molecule has 3 aromatic carbocycles. The van der Waals surface area contributed by atoms with Crippen molar-refractivity contribution in [3.8, 4) is 0 Å². The number of nitrogens with zero attached hydrogens (tertiary/aromatic N) is 2. The number of fused-ring (bicyclic) bond motifs is 1. The first-order valence-corrected chi connectivity index (χ1v) is 12.6. The maximum atomic E-state index is 13.2.